The minimum Gasteiger partial charge on any atom is -0.676 e. The van der Waals surface area contributed by atoms with Crippen molar-refractivity contribution in [2.45, 2.75) is 71.0 Å². The molecule has 0 aromatic heterocycles. The third-order valence-electron chi connectivity index (χ3n) is 4.07. The molecule has 164 valence electrons. The maximum atomic E-state index is 11.7. The standard InChI is InChI=1S/C19H37N4O5.Rb/c1-14(2)4-3-9-21-19(28)13-16(25)12-15(24)7-10-22-17(26)5-6-18(27)23-11-8-20;/h14-16,20,24-25H,3-13H2,1-2H3,(H,21,28)(H,22,26)(H,23,27);/q-1;+1/t15-,16-;/m1./s1. The Morgan fingerprint density at radius 2 is 1.38 bits per heavy atom. The zero-order chi connectivity index (χ0) is 21.4. The van der Waals surface area contributed by atoms with E-state index in [0.717, 1.165) is 12.8 Å². The Balaban J connectivity index is 0. The van der Waals surface area contributed by atoms with Gasteiger partial charge in [0, 0.05) is 25.9 Å². The zero-order valence-electron chi connectivity index (χ0n) is 18.1. The van der Waals surface area contributed by atoms with Gasteiger partial charge in [-0.25, -0.2) is 0 Å². The summed E-state index contributed by atoms with van der Waals surface area (Å²) in [6.45, 7) is 5.41. The molecular formula is C19H37N4O5Rb. The van der Waals surface area contributed by atoms with Crippen molar-refractivity contribution in [3.05, 3.63) is 5.73 Å². The molecule has 0 unspecified atom stereocenters. The maximum Gasteiger partial charge on any atom is 1.00 e. The molecule has 0 saturated heterocycles. The van der Waals surface area contributed by atoms with Gasteiger partial charge in [-0.2, -0.15) is 0 Å². The van der Waals surface area contributed by atoms with Gasteiger partial charge < -0.3 is 31.9 Å². The molecule has 6 N–H and O–H groups in total. The topological polar surface area (TPSA) is 152 Å². The van der Waals surface area contributed by atoms with E-state index in [-0.39, 0.29) is 128 Å². The summed E-state index contributed by atoms with van der Waals surface area (Å²) >= 11 is 0. The second-order valence-corrected chi connectivity index (χ2v) is 7.37. The first-order valence-corrected chi connectivity index (χ1v) is 10.0. The predicted molar refractivity (Wildman–Crippen MR) is 107 cm³/mol. The summed E-state index contributed by atoms with van der Waals surface area (Å²) in [6, 6.07) is 0. The third-order valence-corrected chi connectivity index (χ3v) is 4.07. The van der Waals surface area contributed by atoms with Crippen molar-refractivity contribution in [2.75, 3.05) is 26.2 Å². The van der Waals surface area contributed by atoms with E-state index >= 15 is 0 Å². The van der Waals surface area contributed by atoms with Crippen molar-refractivity contribution in [3.63, 3.8) is 0 Å². The Morgan fingerprint density at radius 3 is 1.93 bits per heavy atom. The van der Waals surface area contributed by atoms with E-state index in [9.17, 15) is 24.6 Å². The van der Waals surface area contributed by atoms with E-state index in [1.807, 2.05) is 0 Å². The van der Waals surface area contributed by atoms with Crippen LogP contribution < -0.4 is 74.1 Å². The fourth-order valence-corrected chi connectivity index (χ4v) is 2.52. The zero-order valence-corrected chi connectivity index (χ0v) is 23.0. The third kappa shape index (κ3) is 21.1. The Bertz CT molecular complexity index is 466. The molecule has 0 aliphatic rings. The van der Waals surface area contributed by atoms with Crippen molar-refractivity contribution >= 4 is 17.7 Å². The molecule has 0 fully saturated rings. The first kappa shape index (κ1) is 31.3. The van der Waals surface area contributed by atoms with Gasteiger partial charge in [0.2, 0.25) is 17.7 Å². The van der Waals surface area contributed by atoms with E-state index in [0.29, 0.717) is 12.5 Å². The summed E-state index contributed by atoms with van der Waals surface area (Å²) in [7, 11) is 0. The monoisotopic (exact) mass is 486 g/mol. The van der Waals surface area contributed by atoms with Crippen LogP contribution >= 0.6 is 0 Å². The van der Waals surface area contributed by atoms with Gasteiger partial charge in [0.15, 0.2) is 0 Å². The van der Waals surface area contributed by atoms with Crippen molar-refractivity contribution in [2.24, 2.45) is 5.92 Å². The van der Waals surface area contributed by atoms with Crippen LogP contribution in [0, 0.1) is 5.92 Å². The van der Waals surface area contributed by atoms with Crippen molar-refractivity contribution in [1.29, 1.82) is 0 Å². The van der Waals surface area contributed by atoms with Gasteiger partial charge in [-0.15, -0.1) is 6.54 Å². The number of aliphatic hydroxyl groups is 2. The van der Waals surface area contributed by atoms with E-state index < -0.39 is 12.2 Å². The average Bonchev–Trinajstić information content (AvgIpc) is 2.61. The Morgan fingerprint density at radius 1 is 0.828 bits per heavy atom. The van der Waals surface area contributed by atoms with Crippen LogP contribution in [-0.2, 0) is 14.4 Å². The molecule has 0 aromatic carbocycles. The molecule has 10 heteroatoms. The second-order valence-electron chi connectivity index (χ2n) is 7.37. The predicted octanol–water partition coefficient (Wildman–Crippen LogP) is -2.50. The largest absolute Gasteiger partial charge is 1.00 e. The van der Waals surface area contributed by atoms with Crippen LogP contribution in [0.2, 0.25) is 0 Å². The summed E-state index contributed by atoms with van der Waals surface area (Å²) in [5, 5.41) is 27.7. The molecule has 0 saturated carbocycles. The van der Waals surface area contributed by atoms with Gasteiger partial charge in [0.25, 0.3) is 0 Å². The van der Waals surface area contributed by atoms with Crippen LogP contribution in [-0.4, -0.2) is 66.3 Å². The number of carbonyl (C=O) groups is 3. The SMILES string of the molecule is CC(C)CCCNC(=O)C[C@H](O)C[C@H](O)CCNC(=O)CCC(=O)NCC[NH-].[Rb+]. The first-order chi connectivity index (χ1) is 13.2. The molecule has 0 heterocycles. The average molecular weight is 487 g/mol. The molecule has 0 bridgehead atoms. The Hall–Kier alpha value is 0.0952. The quantitative estimate of drug-likeness (QED) is 0.153. The molecule has 9 nitrogen and oxygen atoms in total. The number of amides is 3. The summed E-state index contributed by atoms with van der Waals surface area (Å²) in [4.78, 5) is 34.7. The summed E-state index contributed by atoms with van der Waals surface area (Å²) < 4.78 is 0. The van der Waals surface area contributed by atoms with Crippen molar-refractivity contribution in [3.8, 4) is 0 Å². The molecule has 0 aliphatic heterocycles. The van der Waals surface area contributed by atoms with Crippen LogP contribution in [0.1, 0.15) is 58.8 Å². The number of aliphatic hydroxyl groups excluding tert-OH is 2. The normalized spacial score (nSPS) is 12.6. The van der Waals surface area contributed by atoms with Crippen LogP contribution in [0.4, 0.5) is 0 Å². The van der Waals surface area contributed by atoms with Crippen LogP contribution in [0.25, 0.3) is 5.73 Å². The summed E-state index contributed by atoms with van der Waals surface area (Å²) in [5.41, 5.74) is 6.92. The van der Waals surface area contributed by atoms with E-state index in [1.165, 1.54) is 0 Å². The molecule has 0 rings (SSSR count). The Kier molecular flexibility index (Phi) is 21.6. The molecule has 0 radical (unpaired) electrons. The fraction of sp³-hybridized carbons (Fsp3) is 0.842. The molecule has 0 aliphatic carbocycles. The minimum atomic E-state index is -0.934. The summed E-state index contributed by atoms with van der Waals surface area (Å²) in [5.74, 6) is -0.216. The smallest absolute Gasteiger partial charge is 0.676 e. The van der Waals surface area contributed by atoms with Crippen molar-refractivity contribution in [1.82, 2.24) is 16.0 Å². The van der Waals surface area contributed by atoms with Crippen molar-refractivity contribution < 1.29 is 82.8 Å². The molecule has 0 aromatic rings. The van der Waals surface area contributed by atoms with Crippen LogP contribution in [0.5, 0.6) is 0 Å². The number of carbonyl (C=O) groups excluding carboxylic acids is 3. The fourth-order valence-electron chi connectivity index (χ4n) is 2.52. The van der Waals surface area contributed by atoms with E-state index in [1.54, 1.807) is 0 Å². The first-order valence-electron chi connectivity index (χ1n) is 10.0. The molecule has 0 spiro atoms. The number of rotatable bonds is 16. The van der Waals surface area contributed by atoms with Gasteiger partial charge in [-0.05, 0) is 38.1 Å². The van der Waals surface area contributed by atoms with E-state index in [2.05, 4.69) is 29.8 Å². The van der Waals surface area contributed by atoms with E-state index in [4.69, 9.17) is 5.73 Å². The van der Waals surface area contributed by atoms with Crippen LogP contribution in [0.3, 0.4) is 0 Å². The van der Waals surface area contributed by atoms with Crippen LogP contribution in [0.15, 0.2) is 0 Å². The van der Waals surface area contributed by atoms with Gasteiger partial charge in [-0.1, -0.05) is 13.8 Å². The maximum absolute atomic E-state index is 11.7. The molecule has 2 atom stereocenters. The van der Waals surface area contributed by atoms with Gasteiger partial charge in [-0.3, -0.25) is 14.4 Å². The van der Waals surface area contributed by atoms with Gasteiger partial charge in [0.05, 0.1) is 18.6 Å². The number of nitrogens with one attached hydrogen (secondary N) is 4. The Labute approximate surface area is 223 Å². The van der Waals surface area contributed by atoms with Gasteiger partial charge >= 0.3 is 58.2 Å². The molecular weight excluding hydrogens is 450 g/mol. The summed E-state index contributed by atoms with van der Waals surface area (Å²) in [6.07, 6.45) is 0.518. The number of hydrogen-bond acceptors (Lipinski definition) is 5. The molecule has 3 amide bonds. The molecule has 29 heavy (non-hydrogen) atoms. The number of hydrogen-bond donors (Lipinski definition) is 5. The van der Waals surface area contributed by atoms with Gasteiger partial charge in [0.1, 0.15) is 0 Å². The second kappa shape index (κ2) is 20.0. The minimum absolute atomic E-state index is 0.